The summed E-state index contributed by atoms with van der Waals surface area (Å²) in [6, 6.07) is 0. The molecule has 3 nitrogen and oxygen atoms in total. The van der Waals surface area contributed by atoms with Gasteiger partial charge in [0.1, 0.15) is 0 Å². The van der Waals surface area contributed by atoms with Crippen LogP contribution >= 0.6 is 0 Å². The fraction of sp³-hybridized carbons (Fsp3) is 1.00. The molecule has 0 unspecified atom stereocenters. The molecule has 0 amide bonds. The van der Waals surface area contributed by atoms with Gasteiger partial charge < -0.3 is 0 Å². The molecule has 62 valence electrons. The van der Waals surface area contributed by atoms with Gasteiger partial charge in [0.25, 0.3) is 10.1 Å². The summed E-state index contributed by atoms with van der Waals surface area (Å²) in [5.41, 5.74) is -0.604. The molecule has 0 N–H and O–H groups in total. The Morgan fingerprint density at radius 2 is 1.50 bits per heavy atom. The van der Waals surface area contributed by atoms with E-state index in [1.165, 1.54) is 0 Å². The molecule has 0 fully saturated rings. The second kappa shape index (κ2) is 3.84. The number of hydrogen-bond donors (Lipinski definition) is 0. The summed E-state index contributed by atoms with van der Waals surface area (Å²) in [5.74, 6) is 0. The number of rotatable bonds is 1. The minimum Gasteiger partial charge on any atom is -0.265 e. The molecule has 0 aliphatic rings. The first-order valence-corrected chi connectivity index (χ1v) is 4.43. The molecule has 0 bridgehead atoms. The van der Waals surface area contributed by atoms with Gasteiger partial charge in [0.15, 0.2) is 0 Å². The molecule has 0 aliphatic heterocycles. The van der Waals surface area contributed by atoms with Gasteiger partial charge >= 0.3 is 0 Å². The average Bonchev–Trinajstić information content (AvgIpc) is 1.14. The molecular weight excluding hydrogens is 324 g/mol. The van der Waals surface area contributed by atoms with E-state index in [-0.39, 0.29) is 21.1 Å². The molecule has 0 saturated heterocycles. The van der Waals surface area contributed by atoms with E-state index in [0.717, 1.165) is 6.26 Å². The molecular formula is C5H12O3SW. The van der Waals surface area contributed by atoms with Crippen molar-refractivity contribution >= 4 is 10.1 Å². The van der Waals surface area contributed by atoms with Crippen molar-refractivity contribution < 1.29 is 33.7 Å². The predicted octanol–water partition coefficient (Wildman–Crippen LogP) is 0.759. The van der Waals surface area contributed by atoms with Gasteiger partial charge in [-0.05, 0) is 20.8 Å². The van der Waals surface area contributed by atoms with Gasteiger partial charge in [-0.3, -0.25) is 4.18 Å². The summed E-state index contributed by atoms with van der Waals surface area (Å²) < 4.78 is 25.4. The Kier molecular flexibility index (Phi) is 5.07. The molecule has 0 aromatic heterocycles. The fourth-order valence-electron chi connectivity index (χ4n) is 0.454. The monoisotopic (exact) mass is 336 g/mol. The van der Waals surface area contributed by atoms with Gasteiger partial charge in [0, 0.05) is 21.1 Å². The molecule has 0 atom stereocenters. The van der Waals surface area contributed by atoms with Crippen molar-refractivity contribution in [2.24, 2.45) is 0 Å². The molecule has 10 heavy (non-hydrogen) atoms. The Labute approximate surface area is 76.5 Å². The van der Waals surface area contributed by atoms with Crippen molar-refractivity contribution in [3.8, 4) is 0 Å². The zero-order chi connectivity index (χ0) is 7.71. The first-order chi connectivity index (χ1) is 3.71. The van der Waals surface area contributed by atoms with Gasteiger partial charge in [-0.25, -0.2) is 0 Å². The van der Waals surface area contributed by atoms with Crippen LogP contribution in [0, 0.1) is 0 Å². The molecule has 0 aliphatic carbocycles. The topological polar surface area (TPSA) is 43.4 Å². The zero-order valence-electron chi connectivity index (χ0n) is 6.54. The summed E-state index contributed by atoms with van der Waals surface area (Å²) >= 11 is 0. The molecule has 0 spiro atoms. The van der Waals surface area contributed by atoms with Crippen LogP contribution in [-0.2, 0) is 35.4 Å². The Bertz CT molecular complexity index is 178. The molecule has 0 rings (SSSR count). The summed E-state index contributed by atoms with van der Waals surface area (Å²) in [6.45, 7) is 5.07. The van der Waals surface area contributed by atoms with Crippen LogP contribution in [0.3, 0.4) is 0 Å². The van der Waals surface area contributed by atoms with E-state index in [2.05, 4.69) is 4.18 Å². The quantitative estimate of drug-likeness (QED) is 0.664. The van der Waals surface area contributed by atoms with Crippen LogP contribution in [0.4, 0.5) is 0 Å². The van der Waals surface area contributed by atoms with Crippen molar-refractivity contribution in [2.75, 3.05) is 6.26 Å². The van der Waals surface area contributed by atoms with Crippen LogP contribution in [0.2, 0.25) is 0 Å². The predicted molar refractivity (Wildman–Crippen MR) is 35.7 cm³/mol. The van der Waals surface area contributed by atoms with Crippen LogP contribution in [-0.4, -0.2) is 20.3 Å². The van der Waals surface area contributed by atoms with E-state index in [4.69, 9.17) is 0 Å². The summed E-state index contributed by atoms with van der Waals surface area (Å²) in [7, 11) is -3.28. The van der Waals surface area contributed by atoms with Gasteiger partial charge in [-0.1, -0.05) is 0 Å². The molecule has 0 aromatic rings. The largest absolute Gasteiger partial charge is 0.265 e. The Hall–Kier alpha value is 0.598. The molecule has 0 radical (unpaired) electrons. The SMILES string of the molecule is CC(C)(C)OS(C)(=O)=O.[W]. The Morgan fingerprint density at radius 3 is 1.50 bits per heavy atom. The van der Waals surface area contributed by atoms with E-state index in [1.807, 2.05) is 0 Å². The summed E-state index contributed by atoms with van der Waals surface area (Å²) in [4.78, 5) is 0. The Morgan fingerprint density at radius 1 is 1.20 bits per heavy atom. The standard InChI is InChI=1S/C5H12O3S.W/c1-5(2,3)8-9(4,6)7;/h1-4H3;. The molecule has 0 heterocycles. The summed E-state index contributed by atoms with van der Waals surface area (Å²) in [5, 5.41) is 0. The van der Waals surface area contributed by atoms with E-state index >= 15 is 0 Å². The van der Waals surface area contributed by atoms with Gasteiger partial charge in [0.05, 0.1) is 11.9 Å². The third-order valence-corrected chi connectivity index (χ3v) is 1.20. The minimum absolute atomic E-state index is 0. The first kappa shape index (κ1) is 13.2. The van der Waals surface area contributed by atoms with Crippen LogP contribution < -0.4 is 0 Å². The first-order valence-electron chi connectivity index (χ1n) is 2.61. The van der Waals surface area contributed by atoms with Crippen LogP contribution in [0.15, 0.2) is 0 Å². The minimum atomic E-state index is -3.28. The van der Waals surface area contributed by atoms with Crippen molar-refractivity contribution in [1.29, 1.82) is 0 Å². The zero-order valence-corrected chi connectivity index (χ0v) is 10.3. The molecule has 0 saturated carbocycles. The maximum atomic E-state index is 10.4. The van der Waals surface area contributed by atoms with Gasteiger partial charge in [0.2, 0.25) is 0 Å². The fourth-order valence-corrected chi connectivity index (χ4v) is 1.36. The van der Waals surface area contributed by atoms with Crippen molar-refractivity contribution in [3.05, 3.63) is 0 Å². The third kappa shape index (κ3) is 11.4. The second-order valence-corrected chi connectivity index (χ2v) is 4.47. The van der Waals surface area contributed by atoms with E-state index in [1.54, 1.807) is 20.8 Å². The second-order valence-electron chi connectivity index (χ2n) is 2.90. The maximum Gasteiger partial charge on any atom is 0.264 e. The van der Waals surface area contributed by atoms with Crippen LogP contribution in [0.1, 0.15) is 20.8 Å². The molecule has 5 heteroatoms. The normalized spacial score (nSPS) is 12.4. The van der Waals surface area contributed by atoms with E-state index < -0.39 is 15.7 Å². The van der Waals surface area contributed by atoms with Crippen LogP contribution in [0.25, 0.3) is 0 Å². The van der Waals surface area contributed by atoms with E-state index in [9.17, 15) is 8.42 Å². The smallest absolute Gasteiger partial charge is 0.264 e. The van der Waals surface area contributed by atoms with Crippen LogP contribution in [0.5, 0.6) is 0 Å². The third-order valence-electron chi connectivity index (χ3n) is 0.401. The van der Waals surface area contributed by atoms with Crippen molar-refractivity contribution in [2.45, 2.75) is 26.4 Å². The summed E-state index contributed by atoms with van der Waals surface area (Å²) in [6.07, 6.45) is 1.04. The van der Waals surface area contributed by atoms with Crippen molar-refractivity contribution in [3.63, 3.8) is 0 Å². The van der Waals surface area contributed by atoms with Crippen molar-refractivity contribution in [1.82, 2.24) is 0 Å². The van der Waals surface area contributed by atoms with Gasteiger partial charge in [-0.2, -0.15) is 8.42 Å². The van der Waals surface area contributed by atoms with E-state index in [0.29, 0.717) is 0 Å². The van der Waals surface area contributed by atoms with Gasteiger partial charge in [-0.15, -0.1) is 0 Å². The Balaban J connectivity index is 0. The number of hydrogen-bond acceptors (Lipinski definition) is 3. The molecule has 0 aromatic carbocycles. The average molecular weight is 336 g/mol. The maximum absolute atomic E-state index is 10.4.